The Morgan fingerprint density at radius 1 is 0.333 bits per heavy atom. The maximum atomic E-state index is 6.50. The van der Waals surface area contributed by atoms with Crippen LogP contribution in [0.15, 0.2) is 180 Å². The second-order valence-corrected chi connectivity index (χ2v) is 14.2. The van der Waals surface area contributed by atoms with Crippen LogP contribution < -0.4 is 0 Å². The number of hydrogen-bond donors (Lipinski definition) is 0. The number of nitrogens with zero attached hydrogens (tertiary/aromatic N) is 3. The van der Waals surface area contributed by atoms with Crippen molar-refractivity contribution in [2.24, 2.45) is 0 Å². The van der Waals surface area contributed by atoms with Crippen molar-refractivity contribution < 1.29 is 4.42 Å². The predicted molar refractivity (Wildman–Crippen MR) is 217 cm³/mol. The monoisotopic (exact) mass is 687 g/mol. The zero-order valence-electron chi connectivity index (χ0n) is 29.0. The van der Waals surface area contributed by atoms with Crippen molar-refractivity contribution in [3.05, 3.63) is 198 Å². The van der Waals surface area contributed by atoms with Crippen LogP contribution in [0.4, 0.5) is 0 Å². The van der Waals surface area contributed by atoms with E-state index in [9.17, 15) is 0 Å². The molecule has 250 valence electrons. The summed E-state index contributed by atoms with van der Waals surface area (Å²) < 4.78 is 6.50. The minimum absolute atomic E-state index is 0.481. The minimum atomic E-state index is -0.481. The number of aromatic nitrogens is 3. The average molecular weight is 688 g/mol. The molecule has 0 atom stereocenters. The second kappa shape index (κ2) is 10.9. The fourth-order valence-electron chi connectivity index (χ4n) is 9.40. The molecule has 0 fully saturated rings. The molecule has 0 saturated heterocycles. The second-order valence-electron chi connectivity index (χ2n) is 14.2. The molecule has 0 radical (unpaired) electrons. The highest BCUT2D eigenvalue weighted by Gasteiger charge is 2.49. The lowest BCUT2D eigenvalue weighted by Crippen LogP contribution is -2.31. The van der Waals surface area contributed by atoms with Gasteiger partial charge in [-0.2, -0.15) is 0 Å². The topological polar surface area (TPSA) is 51.8 Å². The number of hydrogen-bond acceptors (Lipinski definition) is 4. The predicted octanol–water partition coefficient (Wildman–Crippen LogP) is 12.3. The molecule has 0 aliphatic heterocycles. The molecule has 2 heterocycles. The molecular formula is C50H29N3O. The summed E-state index contributed by atoms with van der Waals surface area (Å²) >= 11 is 0. The molecule has 0 saturated carbocycles. The Morgan fingerprint density at radius 2 is 0.833 bits per heavy atom. The Balaban J connectivity index is 1.17. The van der Waals surface area contributed by atoms with Gasteiger partial charge in [0.1, 0.15) is 11.2 Å². The SMILES string of the molecule is c1ccc(-c2nc(-c3ccc4c5c(cccc35)C3(c5ccccc5-c5ccccc53)c3ccccc3-4)nc(-c3cccc4c3oc3ccccc34)n2)cc1. The fourth-order valence-corrected chi connectivity index (χ4v) is 9.40. The van der Waals surface area contributed by atoms with E-state index in [2.05, 4.69) is 133 Å². The first kappa shape index (κ1) is 29.4. The van der Waals surface area contributed by atoms with Gasteiger partial charge in [0.15, 0.2) is 17.5 Å². The molecule has 12 rings (SSSR count). The maximum Gasteiger partial charge on any atom is 0.167 e. The lowest BCUT2D eigenvalue weighted by molar-refractivity contribution is 0.669. The molecule has 1 spiro atoms. The van der Waals surface area contributed by atoms with Crippen LogP contribution in [0.2, 0.25) is 0 Å². The van der Waals surface area contributed by atoms with Gasteiger partial charge >= 0.3 is 0 Å². The highest BCUT2D eigenvalue weighted by atomic mass is 16.3. The lowest BCUT2D eigenvalue weighted by Gasteiger charge is -2.40. The quantitative estimate of drug-likeness (QED) is 0.185. The summed E-state index contributed by atoms with van der Waals surface area (Å²) in [5.41, 5.74) is 14.1. The van der Waals surface area contributed by atoms with E-state index in [1.165, 1.54) is 49.9 Å². The zero-order valence-corrected chi connectivity index (χ0v) is 29.0. The molecule has 0 amide bonds. The molecule has 0 N–H and O–H groups in total. The fraction of sp³-hybridized carbons (Fsp3) is 0.0200. The molecule has 10 aromatic rings. The van der Waals surface area contributed by atoms with E-state index in [4.69, 9.17) is 19.4 Å². The molecule has 8 aromatic carbocycles. The van der Waals surface area contributed by atoms with Gasteiger partial charge in [-0.25, -0.2) is 15.0 Å². The molecule has 54 heavy (non-hydrogen) atoms. The third-order valence-electron chi connectivity index (χ3n) is 11.6. The van der Waals surface area contributed by atoms with Crippen molar-refractivity contribution in [2.75, 3.05) is 0 Å². The summed E-state index contributed by atoms with van der Waals surface area (Å²) in [4.78, 5) is 15.6. The van der Waals surface area contributed by atoms with E-state index >= 15 is 0 Å². The maximum absolute atomic E-state index is 6.50. The summed E-state index contributed by atoms with van der Waals surface area (Å²) in [6.07, 6.45) is 0. The first-order chi connectivity index (χ1) is 26.8. The molecular weight excluding hydrogens is 659 g/mol. The minimum Gasteiger partial charge on any atom is -0.455 e. The van der Waals surface area contributed by atoms with Crippen LogP contribution in [0, 0.1) is 0 Å². The van der Waals surface area contributed by atoms with Crippen molar-refractivity contribution in [1.29, 1.82) is 0 Å². The van der Waals surface area contributed by atoms with Crippen LogP contribution in [0.3, 0.4) is 0 Å². The molecule has 0 bridgehead atoms. The van der Waals surface area contributed by atoms with Gasteiger partial charge in [-0.1, -0.05) is 158 Å². The van der Waals surface area contributed by atoms with Crippen LogP contribution in [-0.4, -0.2) is 15.0 Å². The van der Waals surface area contributed by atoms with Gasteiger partial charge in [0.25, 0.3) is 0 Å². The van der Waals surface area contributed by atoms with E-state index < -0.39 is 5.41 Å². The van der Waals surface area contributed by atoms with Gasteiger partial charge < -0.3 is 4.42 Å². The number of furan rings is 1. The Hall–Kier alpha value is -7.17. The lowest BCUT2D eigenvalue weighted by atomic mass is 9.61. The van der Waals surface area contributed by atoms with Crippen LogP contribution in [0.1, 0.15) is 22.3 Å². The number of benzene rings is 8. The molecule has 2 aromatic heterocycles. The normalized spacial score (nSPS) is 13.3. The number of fused-ring (bicyclic) bond motifs is 12. The Kier molecular flexibility index (Phi) is 5.95. The van der Waals surface area contributed by atoms with E-state index in [0.29, 0.717) is 17.5 Å². The number of rotatable bonds is 3. The van der Waals surface area contributed by atoms with Crippen molar-refractivity contribution in [3.63, 3.8) is 0 Å². The van der Waals surface area contributed by atoms with E-state index in [1.54, 1.807) is 0 Å². The number of para-hydroxylation sites is 2. The summed E-state index contributed by atoms with van der Waals surface area (Å²) in [6, 6.07) is 62.6. The average Bonchev–Trinajstić information content (AvgIpc) is 3.77. The molecule has 2 aliphatic rings. The van der Waals surface area contributed by atoms with Gasteiger partial charge in [0.2, 0.25) is 0 Å². The van der Waals surface area contributed by atoms with Crippen LogP contribution in [-0.2, 0) is 5.41 Å². The largest absolute Gasteiger partial charge is 0.455 e. The van der Waals surface area contributed by atoms with E-state index in [1.807, 2.05) is 42.5 Å². The van der Waals surface area contributed by atoms with Crippen molar-refractivity contribution in [3.8, 4) is 56.4 Å². The summed E-state index contributed by atoms with van der Waals surface area (Å²) in [5, 5.41) is 4.44. The smallest absolute Gasteiger partial charge is 0.167 e. The van der Waals surface area contributed by atoms with Gasteiger partial charge in [-0.05, 0) is 73.5 Å². The Bertz CT molecular complexity index is 3130. The molecule has 4 heteroatoms. The standard InChI is InChI=1S/C50H29N3O/c1-2-14-30(15-3-1)47-51-48(53-49(52-47)39-22-12-21-37-34-19-7-11-27-44(34)54-46(37)39)38-29-28-36-33-18-6-10-25-42(33)50(43-26-13-20-35(38)45(36)43)40-23-8-4-16-31(40)32-17-5-9-24-41(32)50/h1-29H. The third-order valence-corrected chi connectivity index (χ3v) is 11.6. The van der Waals surface area contributed by atoms with Crippen LogP contribution in [0.5, 0.6) is 0 Å². The summed E-state index contributed by atoms with van der Waals surface area (Å²) in [7, 11) is 0. The van der Waals surface area contributed by atoms with Crippen molar-refractivity contribution >= 4 is 32.7 Å². The van der Waals surface area contributed by atoms with Gasteiger partial charge in [0.05, 0.1) is 11.0 Å². The summed E-state index contributed by atoms with van der Waals surface area (Å²) in [5.74, 6) is 1.81. The van der Waals surface area contributed by atoms with E-state index in [-0.39, 0.29) is 0 Å². The van der Waals surface area contributed by atoms with Gasteiger partial charge in [-0.15, -0.1) is 0 Å². The molecule has 0 unspecified atom stereocenters. The van der Waals surface area contributed by atoms with Crippen molar-refractivity contribution in [1.82, 2.24) is 15.0 Å². The summed E-state index contributed by atoms with van der Waals surface area (Å²) in [6.45, 7) is 0. The Labute approximate surface area is 311 Å². The van der Waals surface area contributed by atoms with Gasteiger partial charge in [-0.3, -0.25) is 0 Å². The third kappa shape index (κ3) is 3.84. The molecule has 4 nitrogen and oxygen atoms in total. The molecule has 2 aliphatic carbocycles. The first-order valence-corrected chi connectivity index (χ1v) is 18.4. The van der Waals surface area contributed by atoms with E-state index in [0.717, 1.165) is 44.0 Å². The van der Waals surface area contributed by atoms with Crippen molar-refractivity contribution in [2.45, 2.75) is 5.41 Å². The van der Waals surface area contributed by atoms with Crippen LogP contribution >= 0.6 is 0 Å². The highest BCUT2D eigenvalue weighted by molar-refractivity contribution is 6.12. The van der Waals surface area contributed by atoms with Gasteiger partial charge in [0, 0.05) is 21.9 Å². The zero-order chi connectivity index (χ0) is 35.4. The van der Waals surface area contributed by atoms with Crippen LogP contribution in [0.25, 0.3) is 89.1 Å². The highest BCUT2D eigenvalue weighted by Crippen LogP contribution is 2.62. The Morgan fingerprint density at radius 3 is 1.57 bits per heavy atom. The first-order valence-electron chi connectivity index (χ1n) is 18.4.